The number of aromatic amines is 1. The molecule has 1 aliphatic rings. The van der Waals surface area contributed by atoms with Gasteiger partial charge in [-0.05, 0) is 38.0 Å². The summed E-state index contributed by atoms with van der Waals surface area (Å²) in [6, 6.07) is 3.99. The van der Waals surface area contributed by atoms with Gasteiger partial charge in [-0.15, -0.1) is 0 Å². The number of aromatic nitrogens is 2. The van der Waals surface area contributed by atoms with Crippen molar-refractivity contribution in [2.45, 2.75) is 27.2 Å². The maximum Gasteiger partial charge on any atom is 0.256 e. The first kappa shape index (κ1) is 17.2. The van der Waals surface area contributed by atoms with Crippen LogP contribution in [-0.4, -0.2) is 52.7 Å². The number of hydrogen-bond donors (Lipinski definition) is 1. The first-order valence-electron chi connectivity index (χ1n) is 8.63. The van der Waals surface area contributed by atoms with E-state index in [2.05, 4.69) is 14.9 Å². The van der Waals surface area contributed by atoms with Gasteiger partial charge in [0.2, 0.25) is 0 Å². The van der Waals surface area contributed by atoms with Crippen molar-refractivity contribution in [2.75, 3.05) is 31.1 Å². The van der Waals surface area contributed by atoms with Gasteiger partial charge in [0.05, 0.1) is 11.3 Å². The van der Waals surface area contributed by atoms with Crippen molar-refractivity contribution in [3.63, 3.8) is 0 Å². The maximum absolute atomic E-state index is 13.0. The molecular weight excluding hydrogens is 316 g/mol. The highest BCUT2D eigenvalue weighted by molar-refractivity contribution is 6.02. The Hall–Kier alpha value is -2.63. The second-order valence-corrected chi connectivity index (χ2v) is 6.52. The number of ketones is 1. The summed E-state index contributed by atoms with van der Waals surface area (Å²) in [5, 5.41) is 0. The summed E-state index contributed by atoms with van der Waals surface area (Å²) in [4.78, 5) is 36.1. The summed E-state index contributed by atoms with van der Waals surface area (Å²) in [7, 11) is 0. The monoisotopic (exact) mass is 340 g/mol. The van der Waals surface area contributed by atoms with Gasteiger partial charge < -0.3 is 14.8 Å². The molecule has 1 amide bonds. The van der Waals surface area contributed by atoms with E-state index in [4.69, 9.17) is 0 Å². The predicted octanol–water partition coefficient (Wildman–Crippen LogP) is 2.58. The fourth-order valence-electron chi connectivity index (χ4n) is 3.51. The van der Waals surface area contributed by atoms with Gasteiger partial charge in [-0.1, -0.05) is 0 Å². The van der Waals surface area contributed by atoms with Crippen LogP contribution in [0.3, 0.4) is 0 Å². The predicted molar refractivity (Wildman–Crippen MR) is 97.2 cm³/mol. The van der Waals surface area contributed by atoms with Crippen molar-refractivity contribution in [2.24, 2.45) is 0 Å². The lowest BCUT2D eigenvalue weighted by Gasteiger charge is -2.23. The van der Waals surface area contributed by atoms with Crippen LogP contribution in [0.2, 0.25) is 0 Å². The minimum absolute atomic E-state index is 0.00956. The number of hydrogen-bond acceptors (Lipinski definition) is 4. The number of amides is 1. The molecule has 132 valence electrons. The normalized spacial score (nSPS) is 15.2. The molecule has 0 aliphatic carbocycles. The van der Waals surface area contributed by atoms with Gasteiger partial charge in [0.25, 0.3) is 5.91 Å². The number of nitrogens with one attached hydrogen (secondary N) is 1. The highest BCUT2D eigenvalue weighted by Gasteiger charge is 2.26. The summed E-state index contributed by atoms with van der Waals surface area (Å²) >= 11 is 0. The third-order valence-electron chi connectivity index (χ3n) is 4.81. The first-order chi connectivity index (χ1) is 12.0. The van der Waals surface area contributed by atoms with Crippen molar-refractivity contribution in [1.29, 1.82) is 0 Å². The number of pyridine rings is 1. The summed E-state index contributed by atoms with van der Waals surface area (Å²) in [5.41, 5.74) is 3.84. The molecule has 0 atom stereocenters. The number of carbonyl (C=O) groups is 2. The molecular formula is C19H24N4O2. The highest BCUT2D eigenvalue weighted by atomic mass is 16.2. The highest BCUT2D eigenvalue weighted by Crippen LogP contribution is 2.22. The van der Waals surface area contributed by atoms with Crippen LogP contribution < -0.4 is 4.90 Å². The average Bonchev–Trinajstić information content (AvgIpc) is 2.78. The second-order valence-electron chi connectivity index (χ2n) is 6.52. The Morgan fingerprint density at radius 2 is 1.80 bits per heavy atom. The largest absolute Gasteiger partial charge is 0.370 e. The molecule has 2 aromatic rings. The van der Waals surface area contributed by atoms with E-state index >= 15 is 0 Å². The minimum atomic E-state index is -0.0422. The first-order valence-corrected chi connectivity index (χ1v) is 8.63. The van der Waals surface area contributed by atoms with E-state index in [1.54, 1.807) is 12.4 Å². The summed E-state index contributed by atoms with van der Waals surface area (Å²) in [6.45, 7) is 8.31. The van der Waals surface area contributed by atoms with Gasteiger partial charge in [-0.3, -0.25) is 14.6 Å². The molecule has 3 rings (SSSR count). The Kier molecular flexibility index (Phi) is 4.88. The van der Waals surface area contributed by atoms with Crippen LogP contribution >= 0.6 is 0 Å². The standard InChI is InChI=1S/C19H24N4O2/c1-13-17(14(2)21-18(13)15(3)24)19(25)23-10-4-9-22(11-12-23)16-5-7-20-8-6-16/h5-8,21H,4,9-12H2,1-3H3. The van der Waals surface area contributed by atoms with Crippen LogP contribution in [0.15, 0.2) is 24.5 Å². The van der Waals surface area contributed by atoms with Crippen molar-refractivity contribution in [3.8, 4) is 0 Å². The third-order valence-corrected chi connectivity index (χ3v) is 4.81. The molecule has 0 bridgehead atoms. The number of anilines is 1. The van der Waals surface area contributed by atoms with Gasteiger partial charge in [0, 0.05) is 56.9 Å². The Morgan fingerprint density at radius 1 is 1.08 bits per heavy atom. The molecule has 0 aromatic carbocycles. The van der Waals surface area contributed by atoms with Gasteiger partial charge in [-0.2, -0.15) is 0 Å². The lowest BCUT2D eigenvalue weighted by atomic mass is 10.1. The zero-order valence-electron chi connectivity index (χ0n) is 15.0. The number of Topliss-reactive ketones (excluding diaryl/α,β-unsaturated/α-hetero) is 1. The van der Waals surface area contributed by atoms with Crippen molar-refractivity contribution in [3.05, 3.63) is 47.0 Å². The number of nitrogens with zero attached hydrogens (tertiary/aromatic N) is 3. The zero-order chi connectivity index (χ0) is 18.0. The lowest BCUT2D eigenvalue weighted by Crippen LogP contribution is -2.35. The van der Waals surface area contributed by atoms with E-state index in [1.807, 2.05) is 30.9 Å². The fraction of sp³-hybridized carbons (Fsp3) is 0.421. The summed E-state index contributed by atoms with van der Waals surface area (Å²) in [5.74, 6) is -0.0327. The van der Waals surface area contributed by atoms with E-state index in [1.165, 1.54) is 6.92 Å². The van der Waals surface area contributed by atoms with E-state index in [9.17, 15) is 9.59 Å². The van der Waals surface area contributed by atoms with Gasteiger partial charge in [0.15, 0.2) is 5.78 Å². The molecule has 0 radical (unpaired) electrons. The molecule has 0 spiro atoms. The van der Waals surface area contributed by atoms with Crippen LogP contribution in [-0.2, 0) is 0 Å². The molecule has 0 unspecified atom stereocenters. The quantitative estimate of drug-likeness (QED) is 0.872. The molecule has 6 heteroatoms. The second kappa shape index (κ2) is 7.09. The molecule has 2 aromatic heterocycles. The smallest absolute Gasteiger partial charge is 0.256 e. The number of aryl methyl sites for hydroxylation is 1. The number of rotatable bonds is 3. The molecule has 0 saturated carbocycles. The van der Waals surface area contributed by atoms with Gasteiger partial charge >= 0.3 is 0 Å². The Morgan fingerprint density at radius 3 is 2.44 bits per heavy atom. The van der Waals surface area contributed by atoms with Crippen molar-refractivity contribution in [1.82, 2.24) is 14.9 Å². The van der Waals surface area contributed by atoms with Crippen LogP contribution in [0, 0.1) is 13.8 Å². The number of carbonyl (C=O) groups excluding carboxylic acids is 2. The van der Waals surface area contributed by atoms with Gasteiger partial charge in [0.1, 0.15) is 0 Å². The topological polar surface area (TPSA) is 69.3 Å². The van der Waals surface area contributed by atoms with E-state index in [0.717, 1.165) is 43.0 Å². The lowest BCUT2D eigenvalue weighted by molar-refractivity contribution is 0.0766. The van der Waals surface area contributed by atoms with E-state index in [0.29, 0.717) is 17.8 Å². The Labute approximate surface area is 147 Å². The SMILES string of the molecule is CC(=O)c1[nH]c(C)c(C(=O)N2CCCN(c3ccncc3)CC2)c1C. The van der Waals surface area contributed by atoms with Crippen LogP contribution in [0.25, 0.3) is 0 Å². The van der Waals surface area contributed by atoms with Crippen LogP contribution in [0.5, 0.6) is 0 Å². The van der Waals surface area contributed by atoms with Crippen molar-refractivity contribution >= 4 is 17.4 Å². The molecule has 25 heavy (non-hydrogen) atoms. The molecule has 1 saturated heterocycles. The third kappa shape index (κ3) is 3.43. The molecule has 3 heterocycles. The van der Waals surface area contributed by atoms with Crippen molar-refractivity contribution < 1.29 is 9.59 Å². The fourth-order valence-corrected chi connectivity index (χ4v) is 3.51. The maximum atomic E-state index is 13.0. The van der Waals surface area contributed by atoms with E-state index in [-0.39, 0.29) is 11.7 Å². The molecule has 1 fully saturated rings. The molecule has 1 aliphatic heterocycles. The zero-order valence-corrected chi connectivity index (χ0v) is 15.0. The summed E-state index contributed by atoms with van der Waals surface area (Å²) < 4.78 is 0. The van der Waals surface area contributed by atoms with Gasteiger partial charge in [-0.25, -0.2) is 0 Å². The van der Waals surface area contributed by atoms with Crippen LogP contribution in [0.4, 0.5) is 5.69 Å². The molecule has 6 nitrogen and oxygen atoms in total. The Bertz CT molecular complexity index is 782. The van der Waals surface area contributed by atoms with Crippen LogP contribution in [0.1, 0.15) is 45.4 Å². The average molecular weight is 340 g/mol. The summed E-state index contributed by atoms with van der Waals surface area (Å²) in [6.07, 6.45) is 4.49. The Balaban J connectivity index is 1.77. The van der Waals surface area contributed by atoms with E-state index < -0.39 is 0 Å². The number of H-pyrrole nitrogens is 1. The minimum Gasteiger partial charge on any atom is -0.370 e. The molecule has 1 N–H and O–H groups in total.